The van der Waals surface area contributed by atoms with Gasteiger partial charge in [0.25, 0.3) is 0 Å². The van der Waals surface area contributed by atoms with E-state index in [0.29, 0.717) is 6.54 Å². The van der Waals surface area contributed by atoms with Gasteiger partial charge in [0.15, 0.2) is 0 Å². The Kier molecular flexibility index (Phi) is 5.00. The third-order valence-electron chi connectivity index (χ3n) is 4.26. The van der Waals surface area contributed by atoms with Crippen LogP contribution in [0.4, 0.5) is 11.4 Å². The summed E-state index contributed by atoms with van der Waals surface area (Å²) in [4.78, 5) is 26.4. The lowest BCUT2D eigenvalue weighted by Crippen LogP contribution is -2.28. The highest BCUT2D eigenvalue weighted by Gasteiger charge is 2.35. The number of aryl methyl sites for hydroxylation is 1. The molecule has 1 atom stereocenters. The largest absolute Gasteiger partial charge is 0.326 e. The molecule has 2 aromatic rings. The summed E-state index contributed by atoms with van der Waals surface area (Å²) in [5.74, 6) is -0.444. The molecule has 3 rings (SSSR count). The molecule has 4 nitrogen and oxygen atoms in total. The summed E-state index contributed by atoms with van der Waals surface area (Å²) in [5, 5.41) is 2.88. The van der Waals surface area contributed by atoms with Gasteiger partial charge in [-0.15, -0.1) is 0 Å². The monoisotopic (exact) mass is 386 g/mol. The average molecular weight is 387 g/mol. The first-order valence-electron chi connectivity index (χ1n) is 8.02. The van der Waals surface area contributed by atoms with Gasteiger partial charge in [0.05, 0.1) is 5.92 Å². The molecule has 1 heterocycles. The lowest BCUT2D eigenvalue weighted by Gasteiger charge is -2.17. The highest BCUT2D eigenvalue weighted by Crippen LogP contribution is 2.26. The normalized spacial score (nSPS) is 17.2. The molecule has 2 amide bonds. The first-order valence-corrected chi connectivity index (χ1v) is 8.82. The summed E-state index contributed by atoms with van der Waals surface area (Å²) in [5.41, 5.74) is 2.83. The summed E-state index contributed by atoms with van der Waals surface area (Å²) in [6.45, 7) is 2.52. The van der Waals surface area contributed by atoms with Crippen molar-refractivity contribution in [3.05, 3.63) is 58.6 Å². The van der Waals surface area contributed by atoms with Crippen molar-refractivity contribution in [3.8, 4) is 0 Å². The van der Waals surface area contributed by atoms with Crippen LogP contribution in [0.25, 0.3) is 0 Å². The molecule has 0 spiro atoms. The van der Waals surface area contributed by atoms with E-state index in [1.807, 2.05) is 48.5 Å². The molecule has 0 unspecified atom stereocenters. The van der Waals surface area contributed by atoms with E-state index >= 15 is 0 Å². The Labute approximate surface area is 150 Å². The fraction of sp³-hybridized carbons (Fsp3) is 0.263. The third kappa shape index (κ3) is 3.67. The highest BCUT2D eigenvalue weighted by molar-refractivity contribution is 9.10. The van der Waals surface area contributed by atoms with E-state index in [4.69, 9.17) is 0 Å². The number of carbonyl (C=O) groups excluding carboxylic acids is 2. The molecule has 124 valence electrons. The number of amides is 2. The average Bonchev–Trinajstić information content (AvgIpc) is 2.99. The van der Waals surface area contributed by atoms with Gasteiger partial charge >= 0.3 is 0 Å². The molecule has 2 aromatic carbocycles. The van der Waals surface area contributed by atoms with Crippen molar-refractivity contribution < 1.29 is 9.59 Å². The van der Waals surface area contributed by atoms with Crippen LogP contribution >= 0.6 is 15.9 Å². The molecule has 1 N–H and O–H groups in total. The minimum atomic E-state index is -0.327. The van der Waals surface area contributed by atoms with Crippen LogP contribution in [0.1, 0.15) is 18.9 Å². The third-order valence-corrected chi connectivity index (χ3v) is 4.79. The van der Waals surface area contributed by atoms with Crippen molar-refractivity contribution in [2.24, 2.45) is 5.92 Å². The number of halogens is 1. The van der Waals surface area contributed by atoms with Gasteiger partial charge in [0.2, 0.25) is 11.8 Å². The quantitative estimate of drug-likeness (QED) is 0.862. The Hall–Kier alpha value is -2.14. The maximum atomic E-state index is 12.4. The van der Waals surface area contributed by atoms with E-state index < -0.39 is 0 Å². The van der Waals surface area contributed by atoms with Crippen LogP contribution in [0.5, 0.6) is 0 Å². The molecule has 0 aliphatic carbocycles. The van der Waals surface area contributed by atoms with Crippen molar-refractivity contribution in [1.82, 2.24) is 0 Å². The van der Waals surface area contributed by atoms with Crippen molar-refractivity contribution in [2.45, 2.75) is 19.8 Å². The summed E-state index contributed by atoms with van der Waals surface area (Å²) in [7, 11) is 0. The Morgan fingerprint density at radius 2 is 1.83 bits per heavy atom. The zero-order chi connectivity index (χ0) is 17.1. The standard InChI is InChI=1S/C19H19BrN2O2/c1-2-13-3-9-17(10-4-13)22-12-14(11-18(22)23)19(24)21-16-7-5-15(20)6-8-16/h3-10,14H,2,11-12H2,1H3,(H,21,24)/t14-/m1/s1. The number of hydrogen-bond donors (Lipinski definition) is 1. The van der Waals surface area contributed by atoms with Crippen LogP contribution in [0.2, 0.25) is 0 Å². The topological polar surface area (TPSA) is 49.4 Å². The number of benzene rings is 2. The molecule has 0 radical (unpaired) electrons. The molecule has 1 saturated heterocycles. The van der Waals surface area contributed by atoms with Crippen LogP contribution < -0.4 is 10.2 Å². The van der Waals surface area contributed by atoms with Gasteiger partial charge in [-0.05, 0) is 48.4 Å². The Morgan fingerprint density at radius 3 is 2.46 bits per heavy atom. The number of anilines is 2. The molecule has 0 saturated carbocycles. The van der Waals surface area contributed by atoms with Gasteiger partial charge in [0.1, 0.15) is 0 Å². The second-order valence-corrected chi connectivity index (χ2v) is 6.84. The van der Waals surface area contributed by atoms with E-state index in [1.165, 1.54) is 5.56 Å². The lowest BCUT2D eigenvalue weighted by molar-refractivity contribution is -0.122. The van der Waals surface area contributed by atoms with Crippen LogP contribution in [0.15, 0.2) is 53.0 Å². The number of nitrogens with zero attached hydrogens (tertiary/aromatic N) is 1. The number of nitrogens with one attached hydrogen (secondary N) is 1. The van der Waals surface area contributed by atoms with Gasteiger partial charge in [0, 0.05) is 28.8 Å². The van der Waals surface area contributed by atoms with Crippen LogP contribution in [-0.2, 0) is 16.0 Å². The maximum Gasteiger partial charge on any atom is 0.229 e. The van der Waals surface area contributed by atoms with E-state index in [-0.39, 0.29) is 24.2 Å². The molecule has 0 aromatic heterocycles. The van der Waals surface area contributed by atoms with Crippen LogP contribution in [-0.4, -0.2) is 18.4 Å². The fourth-order valence-electron chi connectivity index (χ4n) is 2.82. The summed E-state index contributed by atoms with van der Waals surface area (Å²) >= 11 is 3.37. The molecule has 1 aliphatic heterocycles. The zero-order valence-electron chi connectivity index (χ0n) is 13.5. The van der Waals surface area contributed by atoms with E-state index in [2.05, 4.69) is 28.2 Å². The molecule has 24 heavy (non-hydrogen) atoms. The second-order valence-electron chi connectivity index (χ2n) is 5.92. The predicted octanol–water partition coefficient (Wildman–Crippen LogP) is 4.00. The van der Waals surface area contributed by atoms with E-state index in [0.717, 1.165) is 22.3 Å². The summed E-state index contributed by atoms with van der Waals surface area (Å²) in [6, 6.07) is 15.4. The van der Waals surface area contributed by atoms with Crippen LogP contribution in [0, 0.1) is 5.92 Å². The SMILES string of the molecule is CCc1ccc(N2C[C@H](C(=O)Nc3ccc(Br)cc3)CC2=O)cc1. The van der Waals surface area contributed by atoms with Crippen molar-refractivity contribution in [1.29, 1.82) is 0 Å². The Balaban J connectivity index is 1.67. The molecule has 5 heteroatoms. The van der Waals surface area contributed by atoms with Crippen molar-refractivity contribution in [2.75, 3.05) is 16.8 Å². The Bertz CT molecular complexity index is 741. The lowest BCUT2D eigenvalue weighted by atomic mass is 10.1. The Morgan fingerprint density at radius 1 is 1.17 bits per heavy atom. The summed E-state index contributed by atoms with van der Waals surface area (Å²) < 4.78 is 0.957. The smallest absolute Gasteiger partial charge is 0.229 e. The maximum absolute atomic E-state index is 12.4. The molecular formula is C19H19BrN2O2. The predicted molar refractivity (Wildman–Crippen MR) is 99.1 cm³/mol. The molecule has 1 aliphatic rings. The van der Waals surface area contributed by atoms with Gasteiger partial charge in [-0.2, -0.15) is 0 Å². The number of carbonyl (C=O) groups is 2. The molecule has 1 fully saturated rings. The van der Waals surface area contributed by atoms with Crippen molar-refractivity contribution in [3.63, 3.8) is 0 Å². The van der Waals surface area contributed by atoms with Gasteiger partial charge in [-0.25, -0.2) is 0 Å². The molecular weight excluding hydrogens is 368 g/mol. The van der Waals surface area contributed by atoms with E-state index in [1.54, 1.807) is 4.90 Å². The second kappa shape index (κ2) is 7.18. The number of rotatable bonds is 4. The minimum absolute atomic E-state index is 0.00444. The fourth-order valence-corrected chi connectivity index (χ4v) is 3.09. The molecule has 0 bridgehead atoms. The zero-order valence-corrected chi connectivity index (χ0v) is 15.0. The first kappa shape index (κ1) is 16.7. The van der Waals surface area contributed by atoms with Gasteiger partial charge < -0.3 is 10.2 Å². The number of hydrogen-bond acceptors (Lipinski definition) is 2. The van der Waals surface area contributed by atoms with Gasteiger partial charge in [-0.3, -0.25) is 9.59 Å². The first-order chi connectivity index (χ1) is 11.6. The van der Waals surface area contributed by atoms with Crippen molar-refractivity contribution >= 4 is 39.1 Å². The van der Waals surface area contributed by atoms with Crippen LogP contribution in [0.3, 0.4) is 0 Å². The van der Waals surface area contributed by atoms with Gasteiger partial charge in [-0.1, -0.05) is 35.0 Å². The van der Waals surface area contributed by atoms with E-state index in [9.17, 15) is 9.59 Å². The minimum Gasteiger partial charge on any atom is -0.326 e. The highest BCUT2D eigenvalue weighted by atomic mass is 79.9. The summed E-state index contributed by atoms with van der Waals surface area (Å²) in [6.07, 6.45) is 1.21.